The van der Waals surface area contributed by atoms with Crippen molar-refractivity contribution in [3.05, 3.63) is 72.0 Å². The van der Waals surface area contributed by atoms with E-state index in [2.05, 4.69) is 10.0 Å². The number of carbonyl (C=O) groups excluding carboxylic acids is 1. The van der Waals surface area contributed by atoms with Crippen molar-refractivity contribution < 1.29 is 35.5 Å². The van der Waals surface area contributed by atoms with Crippen LogP contribution in [0.1, 0.15) is 10.4 Å². The summed E-state index contributed by atoms with van der Waals surface area (Å²) in [4.78, 5) is 12.4. The second-order valence-corrected chi connectivity index (χ2v) is 10.1. The molecule has 3 aromatic carbocycles. The number of carbonyl (C=O) groups is 1. The van der Waals surface area contributed by atoms with Gasteiger partial charge in [0.05, 0.1) is 35.3 Å². The third kappa shape index (κ3) is 5.62. The Morgan fingerprint density at radius 1 is 0.853 bits per heavy atom. The Hall–Kier alpha value is -3.68. The number of nitrogens with one attached hydrogen (secondary N) is 2. The van der Waals surface area contributed by atoms with Crippen LogP contribution in [0.15, 0.2) is 70.5 Å². The van der Waals surface area contributed by atoms with E-state index in [1.54, 1.807) is 0 Å². The van der Waals surface area contributed by atoms with E-state index in [-0.39, 0.29) is 38.2 Å². The molecule has 0 aliphatic carbocycles. The monoisotopic (exact) mass is 509 g/mol. The average molecular weight is 510 g/mol. The highest BCUT2D eigenvalue weighted by molar-refractivity contribution is 7.92. The van der Waals surface area contributed by atoms with E-state index in [1.165, 1.54) is 44.6 Å². The largest absolute Gasteiger partial charge is 0.496 e. The fourth-order valence-corrected chi connectivity index (χ4v) is 4.52. The molecule has 3 aromatic rings. The first-order valence-electron chi connectivity index (χ1n) is 9.43. The number of nitrogens with two attached hydrogens (primary N) is 1. The van der Waals surface area contributed by atoms with Crippen molar-refractivity contribution in [3.63, 3.8) is 0 Å². The summed E-state index contributed by atoms with van der Waals surface area (Å²) in [6.45, 7) is 0. The molecule has 0 aliphatic heterocycles. The van der Waals surface area contributed by atoms with Crippen molar-refractivity contribution in [1.29, 1.82) is 0 Å². The van der Waals surface area contributed by atoms with Gasteiger partial charge < -0.3 is 14.8 Å². The lowest BCUT2D eigenvalue weighted by Crippen LogP contribution is -2.17. The standard InChI is InChI=1S/C21H20FN3O7S2/c1-31-19-10-8-16(33(23,27)28)12-17(19)21(26)24-14-5-9-20(32-2)18(11-14)25-34(29,30)15-6-3-13(22)4-7-15/h3-12,25H,1-2H3,(H,24,26)(H2,23,27,28). The van der Waals surface area contributed by atoms with Gasteiger partial charge in [-0.2, -0.15) is 0 Å². The molecule has 0 unspecified atom stereocenters. The van der Waals surface area contributed by atoms with E-state index in [0.29, 0.717) is 0 Å². The minimum Gasteiger partial charge on any atom is -0.496 e. The first kappa shape index (κ1) is 25.0. The number of ether oxygens (including phenoxy) is 2. The maximum Gasteiger partial charge on any atom is 0.262 e. The number of hydrogen-bond donors (Lipinski definition) is 3. The quantitative estimate of drug-likeness (QED) is 0.422. The first-order valence-corrected chi connectivity index (χ1v) is 12.5. The van der Waals surface area contributed by atoms with E-state index in [0.717, 1.165) is 30.3 Å². The van der Waals surface area contributed by atoms with Crippen LogP contribution in [0.4, 0.5) is 15.8 Å². The number of benzene rings is 3. The van der Waals surface area contributed by atoms with Crippen molar-refractivity contribution in [3.8, 4) is 11.5 Å². The van der Waals surface area contributed by atoms with Crippen LogP contribution in [-0.4, -0.2) is 37.0 Å². The summed E-state index contributed by atoms with van der Waals surface area (Å²) in [7, 11) is -5.55. The molecule has 0 saturated heterocycles. The molecular formula is C21H20FN3O7S2. The van der Waals surface area contributed by atoms with Crippen LogP contribution in [0.25, 0.3) is 0 Å². The van der Waals surface area contributed by atoms with E-state index in [9.17, 15) is 26.0 Å². The summed E-state index contributed by atoms with van der Waals surface area (Å²) < 4.78 is 74.5. The third-order valence-electron chi connectivity index (χ3n) is 4.57. The lowest BCUT2D eigenvalue weighted by molar-refractivity contribution is 0.102. The molecule has 13 heteroatoms. The second kappa shape index (κ2) is 9.67. The summed E-state index contributed by atoms with van der Waals surface area (Å²) in [6, 6.07) is 11.9. The highest BCUT2D eigenvalue weighted by Crippen LogP contribution is 2.31. The van der Waals surface area contributed by atoms with Crippen molar-refractivity contribution in [1.82, 2.24) is 0 Å². The minimum absolute atomic E-state index is 0.00474. The van der Waals surface area contributed by atoms with Crippen LogP contribution in [0.2, 0.25) is 0 Å². The smallest absolute Gasteiger partial charge is 0.262 e. The molecule has 0 bridgehead atoms. The van der Waals surface area contributed by atoms with Gasteiger partial charge >= 0.3 is 0 Å². The minimum atomic E-state index is -4.10. The zero-order chi connectivity index (χ0) is 25.1. The van der Waals surface area contributed by atoms with Crippen LogP contribution < -0.4 is 24.7 Å². The number of primary sulfonamides is 1. The Morgan fingerprint density at radius 3 is 2.03 bits per heavy atom. The number of amides is 1. The zero-order valence-corrected chi connectivity index (χ0v) is 19.5. The number of halogens is 1. The molecule has 4 N–H and O–H groups in total. The van der Waals surface area contributed by atoms with Crippen LogP contribution in [0.5, 0.6) is 11.5 Å². The fourth-order valence-electron chi connectivity index (χ4n) is 2.92. The highest BCUT2D eigenvalue weighted by Gasteiger charge is 2.20. The highest BCUT2D eigenvalue weighted by atomic mass is 32.2. The summed E-state index contributed by atoms with van der Waals surface area (Å²) in [6.07, 6.45) is 0. The van der Waals surface area contributed by atoms with Crippen molar-refractivity contribution in [2.75, 3.05) is 24.3 Å². The van der Waals surface area contributed by atoms with E-state index in [1.807, 2.05) is 0 Å². The molecule has 0 radical (unpaired) electrons. The molecule has 3 rings (SSSR count). The van der Waals surface area contributed by atoms with Crippen LogP contribution in [-0.2, 0) is 20.0 Å². The van der Waals surface area contributed by atoms with Gasteiger partial charge in [0.1, 0.15) is 17.3 Å². The number of sulfonamides is 2. The van der Waals surface area contributed by atoms with Gasteiger partial charge in [0.15, 0.2) is 0 Å². The molecule has 180 valence electrons. The molecule has 1 amide bonds. The molecule has 0 spiro atoms. The lowest BCUT2D eigenvalue weighted by Gasteiger charge is -2.15. The van der Waals surface area contributed by atoms with Gasteiger partial charge in [-0.25, -0.2) is 26.4 Å². The molecule has 34 heavy (non-hydrogen) atoms. The number of rotatable bonds is 8. The van der Waals surface area contributed by atoms with Gasteiger partial charge in [-0.3, -0.25) is 9.52 Å². The Kier molecular flexibility index (Phi) is 7.09. The van der Waals surface area contributed by atoms with Gasteiger partial charge in [-0.15, -0.1) is 0 Å². The fraction of sp³-hybridized carbons (Fsp3) is 0.0952. The maximum atomic E-state index is 13.2. The summed E-state index contributed by atoms with van der Waals surface area (Å²) in [5.41, 5.74) is 0.0406. The maximum absolute atomic E-state index is 13.2. The van der Waals surface area contributed by atoms with Crippen molar-refractivity contribution in [2.24, 2.45) is 5.14 Å². The molecule has 0 aromatic heterocycles. The molecule has 0 heterocycles. The zero-order valence-electron chi connectivity index (χ0n) is 17.9. The van der Waals surface area contributed by atoms with Gasteiger partial charge in [-0.05, 0) is 60.7 Å². The van der Waals surface area contributed by atoms with E-state index < -0.39 is 31.8 Å². The predicted molar refractivity (Wildman–Crippen MR) is 123 cm³/mol. The second-order valence-electron chi connectivity index (χ2n) is 6.84. The van der Waals surface area contributed by atoms with Crippen LogP contribution >= 0.6 is 0 Å². The Bertz CT molecular complexity index is 1440. The van der Waals surface area contributed by atoms with Crippen LogP contribution in [0.3, 0.4) is 0 Å². The average Bonchev–Trinajstić information content (AvgIpc) is 2.78. The molecule has 0 saturated carbocycles. The normalized spacial score (nSPS) is 11.5. The van der Waals surface area contributed by atoms with Gasteiger partial charge in [-0.1, -0.05) is 0 Å². The summed E-state index contributed by atoms with van der Waals surface area (Å²) >= 11 is 0. The number of anilines is 2. The molecular weight excluding hydrogens is 489 g/mol. The van der Waals surface area contributed by atoms with Crippen molar-refractivity contribution >= 4 is 37.3 Å². The van der Waals surface area contributed by atoms with Gasteiger partial charge in [0, 0.05) is 5.69 Å². The van der Waals surface area contributed by atoms with E-state index in [4.69, 9.17) is 14.6 Å². The Morgan fingerprint density at radius 2 is 1.44 bits per heavy atom. The topological polar surface area (TPSA) is 154 Å². The number of hydrogen-bond acceptors (Lipinski definition) is 7. The molecule has 10 nitrogen and oxygen atoms in total. The summed E-state index contributed by atoms with van der Waals surface area (Å²) in [5.74, 6) is -1.09. The third-order valence-corrected chi connectivity index (χ3v) is 6.86. The summed E-state index contributed by atoms with van der Waals surface area (Å²) in [5, 5.41) is 7.68. The van der Waals surface area contributed by atoms with Crippen molar-refractivity contribution in [2.45, 2.75) is 9.79 Å². The van der Waals surface area contributed by atoms with E-state index >= 15 is 0 Å². The van der Waals surface area contributed by atoms with Gasteiger partial charge in [0.2, 0.25) is 10.0 Å². The Balaban J connectivity index is 1.93. The molecule has 0 aliphatic rings. The number of methoxy groups -OCH3 is 2. The Labute approximate surface area is 195 Å². The molecule has 0 atom stereocenters. The van der Waals surface area contributed by atoms with Gasteiger partial charge in [0.25, 0.3) is 15.9 Å². The first-order chi connectivity index (χ1) is 15.9. The lowest BCUT2D eigenvalue weighted by atomic mass is 10.1. The predicted octanol–water partition coefficient (Wildman–Crippen LogP) is 2.54. The SMILES string of the molecule is COc1ccc(NC(=O)c2cc(S(N)(=O)=O)ccc2OC)cc1NS(=O)(=O)c1ccc(F)cc1. The molecule has 0 fully saturated rings. The van der Waals surface area contributed by atoms with Crippen LogP contribution in [0, 0.1) is 5.82 Å².